The van der Waals surface area contributed by atoms with Gasteiger partial charge in [0, 0.05) is 23.8 Å². The molecule has 0 radical (unpaired) electrons. The molecule has 30 heavy (non-hydrogen) atoms. The Hall–Kier alpha value is -2.53. The normalized spacial score (nSPS) is 18.0. The highest BCUT2D eigenvalue weighted by molar-refractivity contribution is 6.30. The lowest BCUT2D eigenvalue weighted by Crippen LogP contribution is -2.48. The third-order valence-electron chi connectivity index (χ3n) is 5.67. The number of ether oxygens (including phenoxy) is 1. The maximum Gasteiger partial charge on any atom is 0.338 e. The maximum atomic E-state index is 12.8. The molecule has 5 nitrogen and oxygen atoms in total. The summed E-state index contributed by atoms with van der Waals surface area (Å²) in [6.45, 7) is 8.13. The molecule has 0 aromatic heterocycles. The minimum atomic E-state index is -0.363. The van der Waals surface area contributed by atoms with E-state index >= 15 is 0 Å². The number of carbonyl (C=O) groups is 2. The van der Waals surface area contributed by atoms with Gasteiger partial charge in [-0.25, -0.2) is 4.79 Å². The first-order chi connectivity index (χ1) is 14.3. The van der Waals surface area contributed by atoms with E-state index in [0.717, 1.165) is 23.7 Å². The highest BCUT2D eigenvalue weighted by Gasteiger charge is 2.38. The number of hydrogen-bond donors (Lipinski definition) is 1. The molecule has 6 heteroatoms. The van der Waals surface area contributed by atoms with Crippen molar-refractivity contribution < 1.29 is 14.3 Å². The van der Waals surface area contributed by atoms with E-state index in [9.17, 15) is 9.59 Å². The first kappa shape index (κ1) is 22.2. The van der Waals surface area contributed by atoms with Crippen molar-refractivity contribution >= 4 is 29.2 Å². The molecule has 1 heterocycles. The van der Waals surface area contributed by atoms with E-state index in [0.29, 0.717) is 24.6 Å². The van der Waals surface area contributed by atoms with Crippen LogP contribution in [0.3, 0.4) is 0 Å². The summed E-state index contributed by atoms with van der Waals surface area (Å²) in [4.78, 5) is 26.6. The Balaban J connectivity index is 1.59. The van der Waals surface area contributed by atoms with Crippen molar-refractivity contribution in [3.8, 4) is 0 Å². The lowest BCUT2D eigenvalue weighted by molar-refractivity contribution is -0.132. The minimum Gasteiger partial charge on any atom is -0.462 e. The second kappa shape index (κ2) is 9.52. The monoisotopic (exact) mass is 428 g/mol. The predicted molar refractivity (Wildman–Crippen MR) is 120 cm³/mol. The standard InChI is InChI=1S/C24H29ClN2O3/c1-4-30-23(29)18-6-5-7-20(14-18)26-15-22(28)27-13-12-21(24(2,3)16-27)17-8-10-19(25)11-9-17/h5-11,14,21,26H,4,12-13,15-16H2,1-3H3. The van der Waals surface area contributed by atoms with E-state index in [2.05, 4.69) is 31.3 Å². The van der Waals surface area contributed by atoms with E-state index in [-0.39, 0.29) is 23.8 Å². The summed E-state index contributed by atoms with van der Waals surface area (Å²) >= 11 is 6.03. The van der Waals surface area contributed by atoms with Crippen LogP contribution >= 0.6 is 11.6 Å². The molecule has 1 N–H and O–H groups in total. The molecule has 1 atom stereocenters. The second-order valence-electron chi connectivity index (χ2n) is 8.35. The van der Waals surface area contributed by atoms with Gasteiger partial charge in [0.2, 0.25) is 5.91 Å². The van der Waals surface area contributed by atoms with Crippen molar-refractivity contribution in [2.75, 3.05) is 31.6 Å². The van der Waals surface area contributed by atoms with Gasteiger partial charge in [0.15, 0.2) is 0 Å². The van der Waals surface area contributed by atoms with Crippen LogP contribution in [0.25, 0.3) is 0 Å². The van der Waals surface area contributed by atoms with Crippen LogP contribution in [0.2, 0.25) is 5.02 Å². The Morgan fingerprint density at radius 1 is 1.20 bits per heavy atom. The zero-order valence-electron chi connectivity index (χ0n) is 17.8. The van der Waals surface area contributed by atoms with Gasteiger partial charge < -0.3 is 15.0 Å². The molecule has 1 fully saturated rings. The molecule has 1 amide bonds. The largest absolute Gasteiger partial charge is 0.462 e. The Bertz CT molecular complexity index is 896. The lowest BCUT2D eigenvalue weighted by Gasteiger charge is -2.44. The van der Waals surface area contributed by atoms with E-state index in [1.807, 2.05) is 23.1 Å². The van der Waals surface area contributed by atoms with Crippen LogP contribution in [0.1, 0.15) is 49.0 Å². The van der Waals surface area contributed by atoms with Crippen LogP contribution in [0.15, 0.2) is 48.5 Å². The van der Waals surface area contributed by atoms with Crippen molar-refractivity contribution in [1.29, 1.82) is 0 Å². The summed E-state index contributed by atoms with van der Waals surface area (Å²) in [5.41, 5.74) is 2.43. The average Bonchev–Trinajstić information content (AvgIpc) is 2.72. The fourth-order valence-electron chi connectivity index (χ4n) is 4.14. The molecule has 2 aromatic carbocycles. The first-order valence-electron chi connectivity index (χ1n) is 10.3. The Morgan fingerprint density at radius 2 is 1.93 bits per heavy atom. The molecule has 160 valence electrons. The van der Waals surface area contributed by atoms with E-state index < -0.39 is 0 Å². The summed E-state index contributed by atoms with van der Waals surface area (Å²) in [6, 6.07) is 15.1. The van der Waals surface area contributed by atoms with Gasteiger partial charge in [-0.3, -0.25) is 4.79 Å². The molecule has 1 aliphatic heterocycles. The third-order valence-corrected chi connectivity index (χ3v) is 5.92. The zero-order chi connectivity index (χ0) is 21.7. The number of amides is 1. The predicted octanol–water partition coefficient (Wildman–Crippen LogP) is 4.97. The lowest BCUT2D eigenvalue weighted by atomic mass is 9.70. The fourth-order valence-corrected chi connectivity index (χ4v) is 4.27. The Labute approximate surface area is 183 Å². The molecule has 1 aliphatic rings. The summed E-state index contributed by atoms with van der Waals surface area (Å²) in [6.07, 6.45) is 0.915. The third kappa shape index (κ3) is 5.33. The second-order valence-corrected chi connectivity index (χ2v) is 8.79. The number of nitrogens with one attached hydrogen (secondary N) is 1. The van der Waals surface area contributed by atoms with Gasteiger partial charge in [0.1, 0.15) is 0 Å². The van der Waals surface area contributed by atoms with Crippen LogP contribution in [-0.4, -0.2) is 43.0 Å². The summed E-state index contributed by atoms with van der Waals surface area (Å²) in [7, 11) is 0. The van der Waals surface area contributed by atoms with Crippen molar-refractivity contribution in [1.82, 2.24) is 4.90 Å². The van der Waals surface area contributed by atoms with Crippen molar-refractivity contribution in [3.63, 3.8) is 0 Å². The molecule has 2 aromatic rings. The van der Waals surface area contributed by atoms with Gasteiger partial charge >= 0.3 is 5.97 Å². The highest BCUT2D eigenvalue weighted by Crippen LogP contribution is 2.42. The first-order valence-corrected chi connectivity index (χ1v) is 10.7. The number of halogens is 1. The van der Waals surface area contributed by atoms with Crippen molar-refractivity contribution in [2.45, 2.75) is 33.1 Å². The number of likely N-dealkylation sites (tertiary alicyclic amines) is 1. The number of anilines is 1. The summed E-state index contributed by atoms with van der Waals surface area (Å²) in [5.74, 6) is 0.0747. The minimum absolute atomic E-state index is 0.0361. The van der Waals surface area contributed by atoms with Gasteiger partial charge in [-0.05, 0) is 60.6 Å². The molecular formula is C24H29ClN2O3. The SMILES string of the molecule is CCOC(=O)c1cccc(NCC(=O)N2CCC(c3ccc(Cl)cc3)C(C)(C)C2)c1. The number of esters is 1. The van der Waals surface area contributed by atoms with Crippen LogP contribution in [-0.2, 0) is 9.53 Å². The summed E-state index contributed by atoms with van der Waals surface area (Å²) in [5, 5.41) is 3.88. The number of nitrogens with zero attached hydrogens (tertiary/aromatic N) is 1. The van der Waals surface area contributed by atoms with Crippen LogP contribution < -0.4 is 5.32 Å². The number of rotatable bonds is 6. The van der Waals surface area contributed by atoms with Crippen molar-refractivity contribution in [2.24, 2.45) is 5.41 Å². The van der Waals surface area contributed by atoms with E-state index in [1.165, 1.54) is 5.56 Å². The van der Waals surface area contributed by atoms with Gasteiger partial charge in [-0.1, -0.05) is 43.6 Å². The molecule has 0 saturated carbocycles. The molecule has 0 bridgehead atoms. The molecule has 0 aliphatic carbocycles. The Morgan fingerprint density at radius 3 is 2.60 bits per heavy atom. The summed E-state index contributed by atoms with van der Waals surface area (Å²) < 4.78 is 5.03. The van der Waals surface area contributed by atoms with Gasteiger partial charge in [-0.2, -0.15) is 0 Å². The number of piperidine rings is 1. The van der Waals surface area contributed by atoms with E-state index in [4.69, 9.17) is 16.3 Å². The molecule has 0 spiro atoms. The maximum absolute atomic E-state index is 12.8. The van der Waals surface area contributed by atoms with Gasteiger partial charge in [0.05, 0.1) is 18.7 Å². The topological polar surface area (TPSA) is 58.6 Å². The van der Waals surface area contributed by atoms with E-state index in [1.54, 1.807) is 25.1 Å². The molecule has 1 saturated heterocycles. The molecule has 1 unspecified atom stereocenters. The Kier molecular flexibility index (Phi) is 7.03. The quantitative estimate of drug-likeness (QED) is 0.660. The highest BCUT2D eigenvalue weighted by atomic mass is 35.5. The van der Waals surface area contributed by atoms with Gasteiger partial charge in [-0.15, -0.1) is 0 Å². The van der Waals surface area contributed by atoms with Gasteiger partial charge in [0.25, 0.3) is 0 Å². The number of hydrogen-bond acceptors (Lipinski definition) is 4. The zero-order valence-corrected chi connectivity index (χ0v) is 18.5. The smallest absolute Gasteiger partial charge is 0.338 e. The average molecular weight is 429 g/mol. The number of carbonyl (C=O) groups excluding carboxylic acids is 2. The number of benzene rings is 2. The fraction of sp³-hybridized carbons (Fsp3) is 0.417. The van der Waals surface area contributed by atoms with Crippen LogP contribution in [0.4, 0.5) is 5.69 Å². The van der Waals surface area contributed by atoms with Crippen LogP contribution in [0.5, 0.6) is 0 Å². The molecule has 3 rings (SSSR count). The van der Waals surface area contributed by atoms with Crippen molar-refractivity contribution in [3.05, 3.63) is 64.7 Å². The van der Waals surface area contributed by atoms with Crippen LogP contribution in [0, 0.1) is 5.41 Å². The molecular weight excluding hydrogens is 400 g/mol.